The summed E-state index contributed by atoms with van der Waals surface area (Å²) in [5, 5.41) is 0. The van der Waals surface area contributed by atoms with Crippen LogP contribution in [0, 0.1) is 12.3 Å². The SMILES string of the molecule is C#Cc1ccccc1.[H-].[H-].[Mg+2]. The van der Waals surface area contributed by atoms with Gasteiger partial charge in [0.05, 0.1) is 0 Å². The van der Waals surface area contributed by atoms with Crippen LogP contribution in [0.1, 0.15) is 8.42 Å². The molecule has 0 bridgehead atoms. The third kappa shape index (κ3) is 2.55. The van der Waals surface area contributed by atoms with Crippen molar-refractivity contribution in [1.82, 2.24) is 0 Å². The molecule has 0 saturated heterocycles. The molecule has 1 aromatic rings. The summed E-state index contributed by atoms with van der Waals surface area (Å²) >= 11 is 0. The quantitative estimate of drug-likeness (QED) is 0.367. The maximum atomic E-state index is 5.10. The van der Waals surface area contributed by atoms with E-state index < -0.39 is 0 Å². The predicted octanol–water partition coefficient (Wildman–Crippen LogP) is 1.51. The zero-order valence-corrected chi connectivity index (χ0v) is 6.59. The molecule has 0 unspecified atom stereocenters. The Bertz CT molecular complexity index is 203. The van der Waals surface area contributed by atoms with Crippen molar-refractivity contribution >= 4 is 23.1 Å². The van der Waals surface area contributed by atoms with Crippen molar-refractivity contribution in [2.75, 3.05) is 0 Å². The Morgan fingerprint density at radius 1 is 1.22 bits per heavy atom. The molecule has 1 rings (SSSR count). The van der Waals surface area contributed by atoms with E-state index in [-0.39, 0.29) is 25.9 Å². The van der Waals surface area contributed by atoms with Gasteiger partial charge in [0.1, 0.15) is 0 Å². The fourth-order valence-corrected chi connectivity index (χ4v) is 0.534. The summed E-state index contributed by atoms with van der Waals surface area (Å²) in [4.78, 5) is 0. The van der Waals surface area contributed by atoms with Crippen molar-refractivity contribution in [3.05, 3.63) is 35.9 Å². The van der Waals surface area contributed by atoms with Crippen molar-refractivity contribution in [3.8, 4) is 12.3 Å². The minimum atomic E-state index is 0. The van der Waals surface area contributed by atoms with E-state index in [2.05, 4.69) is 5.92 Å². The minimum absolute atomic E-state index is 0. The first-order valence-corrected chi connectivity index (χ1v) is 2.45. The summed E-state index contributed by atoms with van der Waals surface area (Å²) in [6.45, 7) is 0. The number of benzene rings is 1. The van der Waals surface area contributed by atoms with Crippen LogP contribution in [0.25, 0.3) is 0 Å². The molecule has 0 fully saturated rings. The summed E-state index contributed by atoms with van der Waals surface area (Å²) in [6.07, 6.45) is 5.10. The van der Waals surface area contributed by atoms with Crippen LogP contribution in [0.3, 0.4) is 0 Å². The molecule has 0 radical (unpaired) electrons. The third-order valence-electron chi connectivity index (χ3n) is 0.940. The first-order valence-electron chi connectivity index (χ1n) is 2.45. The van der Waals surface area contributed by atoms with Gasteiger partial charge < -0.3 is 2.85 Å². The molecule has 0 spiro atoms. The Hall–Kier alpha value is -0.454. The molecule has 0 aliphatic heterocycles. The molecule has 0 saturated carbocycles. The van der Waals surface area contributed by atoms with Gasteiger partial charge in [-0.15, -0.1) is 6.42 Å². The number of hydrogen-bond acceptors (Lipinski definition) is 0. The van der Waals surface area contributed by atoms with E-state index in [0.717, 1.165) is 5.56 Å². The smallest absolute Gasteiger partial charge is 1.00 e. The van der Waals surface area contributed by atoms with Gasteiger partial charge in [0.2, 0.25) is 0 Å². The van der Waals surface area contributed by atoms with Crippen LogP contribution in [-0.2, 0) is 0 Å². The average Bonchev–Trinajstić information content (AvgIpc) is 1.90. The molecule has 9 heavy (non-hydrogen) atoms. The molecule has 0 N–H and O–H groups in total. The van der Waals surface area contributed by atoms with Crippen LogP contribution in [0.15, 0.2) is 30.3 Å². The van der Waals surface area contributed by atoms with E-state index >= 15 is 0 Å². The third-order valence-corrected chi connectivity index (χ3v) is 0.940. The Morgan fingerprint density at radius 3 is 2.11 bits per heavy atom. The summed E-state index contributed by atoms with van der Waals surface area (Å²) in [6, 6.07) is 9.60. The average molecular weight is 128 g/mol. The monoisotopic (exact) mass is 128 g/mol. The van der Waals surface area contributed by atoms with Gasteiger partial charge in [0, 0.05) is 5.56 Å². The van der Waals surface area contributed by atoms with Gasteiger partial charge >= 0.3 is 23.1 Å². The molecule has 1 aromatic carbocycles. The molecule has 0 heterocycles. The van der Waals surface area contributed by atoms with Gasteiger partial charge in [0.25, 0.3) is 0 Å². The predicted molar refractivity (Wildman–Crippen MR) is 42.4 cm³/mol. The summed E-state index contributed by atoms with van der Waals surface area (Å²) in [7, 11) is 0. The number of terminal acetylenes is 1. The van der Waals surface area contributed by atoms with Crippen molar-refractivity contribution < 1.29 is 2.85 Å². The van der Waals surface area contributed by atoms with E-state index in [1.54, 1.807) is 0 Å². The van der Waals surface area contributed by atoms with Gasteiger partial charge in [-0.1, -0.05) is 24.1 Å². The maximum absolute atomic E-state index is 5.10. The summed E-state index contributed by atoms with van der Waals surface area (Å²) in [5.41, 5.74) is 0.938. The van der Waals surface area contributed by atoms with Crippen LogP contribution < -0.4 is 0 Å². The molecule has 42 valence electrons. The Labute approximate surface area is 74.4 Å². The fraction of sp³-hybridized carbons (Fsp3) is 0. The van der Waals surface area contributed by atoms with Gasteiger partial charge in [-0.25, -0.2) is 0 Å². The number of hydrogen-bond donors (Lipinski definition) is 0. The maximum Gasteiger partial charge on any atom is 2.00 e. The summed E-state index contributed by atoms with van der Waals surface area (Å²) < 4.78 is 0. The minimum Gasteiger partial charge on any atom is -1.00 e. The van der Waals surface area contributed by atoms with Crippen LogP contribution in [0.4, 0.5) is 0 Å². The van der Waals surface area contributed by atoms with Crippen molar-refractivity contribution in [2.45, 2.75) is 0 Å². The van der Waals surface area contributed by atoms with Gasteiger partial charge in [-0.3, -0.25) is 0 Å². The van der Waals surface area contributed by atoms with Crippen molar-refractivity contribution in [2.24, 2.45) is 0 Å². The zero-order chi connectivity index (χ0) is 5.82. The largest absolute Gasteiger partial charge is 2.00 e. The van der Waals surface area contributed by atoms with Crippen molar-refractivity contribution in [3.63, 3.8) is 0 Å². The topological polar surface area (TPSA) is 0 Å². The van der Waals surface area contributed by atoms with Gasteiger partial charge in [0.15, 0.2) is 0 Å². The second-order valence-corrected chi connectivity index (χ2v) is 1.51. The molecule has 0 aliphatic carbocycles. The second-order valence-electron chi connectivity index (χ2n) is 1.51. The van der Waals surface area contributed by atoms with Crippen LogP contribution >= 0.6 is 0 Å². The molecular formula is C8H8Mg. The summed E-state index contributed by atoms with van der Waals surface area (Å²) in [5.74, 6) is 2.53. The Kier molecular flexibility index (Phi) is 4.20. The van der Waals surface area contributed by atoms with Crippen LogP contribution in [0.2, 0.25) is 0 Å². The molecule has 0 nitrogen and oxygen atoms in total. The second kappa shape index (κ2) is 4.43. The Balaban J connectivity index is -0.000000213. The first-order chi connectivity index (χ1) is 3.93. The van der Waals surface area contributed by atoms with E-state index in [4.69, 9.17) is 6.42 Å². The first kappa shape index (κ1) is 8.55. The number of rotatable bonds is 0. The van der Waals surface area contributed by atoms with Crippen LogP contribution in [0.5, 0.6) is 0 Å². The van der Waals surface area contributed by atoms with Crippen molar-refractivity contribution in [1.29, 1.82) is 0 Å². The molecule has 0 amide bonds. The molecule has 0 aromatic heterocycles. The van der Waals surface area contributed by atoms with E-state index in [0.29, 0.717) is 0 Å². The Morgan fingerprint density at radius 2 is 1.78 bits per heavy atom. The van der Waals surface area contributed by atoms with Gasteiger partial charge in [-0.05, 0) is 12.1 Å². The van der Waals surface area contributed by atoms with Gasteiger partial charge in [-0.2, -0.15) is 0 Å². The fourth-order valence-electron chi connectivity index (χ4n) is 0.534. The molecular weight excluding hydrogens is 120 g/mol. The van der Waals surface area contributed by atoms with E-state index in [9.17, 15) is 0 Å². The molecule has 0 atom stereocenters. The van der Waals surface area contributed by atoms with E-state index in [1.165, 1.54) is 0 Å². The zero-order valence-electron chi connectivity index (χ0n) is 7.17. The molecule has 0 aliphatic rings. The van der Waals surface area contributed by atoms with E-state index in [1.807, 2.05) is 30.3 Å². The molecule has 1 heteroatoms. The normalized spacial score (nSPS) is 7.00. The standard InChI is InChI=1S/C8H6.Mg.2H/c1-2-8-6-4-3-5-7-8;;;/h1,3-7H;;;/q;+2;2*-1. The van der Waals surface area contributed by atoms with Crippen LogP contribution in [-0.4, -0.2) is 23.1 Å².